The maximum absolute atomic E-state index is 13.1. The Morgan fingerprint density at radius 1 is 1.03 bits per heavy atom. The topological polar surface area (TPSA) is 132 Å². The monoisotopic (exact) mass is 508 g/mol. The van der Waals surface area contributed by atoms with E-state index in [0.717, 1.165) is 31.9 Å². The van der Waals surface area contributed by atoms with E-state index in [1.54, 1.807) is 0 Å². The Labute approximate surface area is 197 Å². The van der Waals surface area contributed by atoms with Gasteiger partial charge in [-0.3, -0.25) is 15.8 Å². The van der Waals surface area contributed by atoms with Crippen molar-refractivity contribution in [3.05, 3.63) is 56.9 Å². The van der Waals surface area contributed by atoms with Gasteiger partial charge in [-0.2, -0.15) is 26.3 Å². The van der Waals surface area contributed by atoms with Gasteiger partial charge in [0.1, 0.15) is 0 Å². The maximum atomic E-state index is 13.1. The second kappa shape index (κ2) is 10.0. The molecule has 2 aliphatic rings. The second-order valence-corrected chi connectivity index (χ2v) is 8.93. The van der Waals surface area contributed by atoms with Gasteiger partial charge in [-0.25, -0.2) is 4.99 Å². The molecule has 6 N–H and O–H groups in total. The van der Waals surface area contributed by atoms with Gasteiger partial charge in [0.25, 0.3) is 0 Å². The highest BCUT2D eigenvalue weighted by Gasteiger charge is 2.44. The van der Waals surface area contributed by atoms with Crippen molar-refractivity contribution in [1.29, 1.82) is 0 Å². The lowest BCUT2D eigenvalue weighted by Crippen LogP contribution is -2.64. The van der Waals surface area contributed by atoms with Crippen molar-refractivity contribution in [2.45, 2.75) is 56.7 Å². The number of hydrogen-bond donors (Lipinski definition) is 4. The molecule has 8 nitrogen and oxygen atoms in total. The minimum Gasteiger partial charge on any atom is -0.330 e. The van der Waals surface area contributed by atoms with Crippen LogP contribution in [0.25, 0.3) is 0 Å². The highest BCUT2D eigenvalue weighted by atomic mass is 19.4. The van der Waals surface area contributed by atoms with Gasteiger partial charge < -0.3 is 16.4 Å². The zero-order valence-electron chi connectivity index (χ0n) is 18.5. The van der Waals surface area contributed by atoms with Gasteiger partial charge in [0.15, 0.2) is 11.6 Å². The van der Waals surface area contributed by atoms with Crippen LogP contribution in [0.15, 0.2) is 35.1 Å². The summed E-state index contributed by atoms with van der Waals surface area (Å²) in [4.78, 5) is 14.9. The Morgan fingerprint density at radius 2 is 1.57 bits per heavy atom. The van der Waals surface area contributed by atoms with E-state index in [9.17, 15) is 36.5 Å². The molecule has 1 unspecified atom stereocenters. The molecule has 1 aromatic rings. The summed E-state index contributed by atoms with van der Waals surface area (Å²) >= 11 is 0. The number of nitrogens with two attached hydrogens (primary N) is 2. The van der Waals surface area contributed by atoms with E-state index in [-0.39, 0.29) is 35.6 Å². The largest absolute Gasteiger partial charge is 0.416 e. The molecule has 1 aliphatic carbocycles. The second-order valence-electron chi connectivity index (χ2n) is 8.93. The normalized spacial score (nSPS) is 26.6. The first kappa shape index (κ1) is 26.7. The molecule has 35 heavy (non-hydrogen) atoms. The molecule has 3 rings (SSSR count). The minimum absolute atomic E-state index is 0.0319. The molecular weight excluding hydrogens is 482 g/mol. The summed E-state index contributed by atoms with van der Waals surface area (Å²) < 4.78 is 78.6. The Bertz CT molecular complexity index is 969. The zero-order valence-corrected chi connectivity index (χ0v) is 18.5. The third-order valence-electron chi connectivity index (χ3n) is 6.32. The van der Waals surface area contributed by atoms with Gasteiger partial charge in [0, 0.05) is 0 Å². The highest BCUT2D eigenvalue weighted by Crippen LogP contribution is 2.37. The molecule has 0 amide bonds. The van der Waals surface area contributed by atoms with E-state index < -0.39 is 40.6 Å². The highest BCUT2D eigenvalue weighted by molar-refractivity contribution is 5.83. The number of guanidine groups is 1. The van der Waals surface area contributed by atoms with Crippen molar-refractivity contribution in [2.75, 3.05) is 6.54 Å². The summed E-state index contributed by atoms with van der Waals surface area (Å²) in [7, 11) is 0. The quantitative estimate of drug-likeness (QED) is 0.263. The summed E-state index contributed by atoms with van der Waals surface area (Å²) in [5.74, 6) is 0.355. The van der Waals surface area contributed by atoms with Gasteiger partial charge in [-0.1, -0.05) is 0 Å². The molecule has 0 spiro atoms. The summed E-state index contributed by atoms with van der Waals surface area (Å²) in [6, 6.07) is 1.18. The Balaban J connectivity index is 1.82. The van der Waals surface area contributed by atoms with Crippen LogP contribution in [0.5, 0.6) is 0 Å². The fourth-order valence-corrected chi connectivity index (χ4v) is 4.44. The third-order valence-corrected chi connectivity index (χ3v) is 6.32. The van der Waals surface area contributed by atoms with Crippen molar-refractivity contribution in [2.24, 2.45) is 28.3 Å². The number of rotatable bonds is 6. The van der Waals surface area contributed by atoms with Gasteiger partial charge in [-0.15, -0.1) is 0 Å². The molecule has 0 bridgehead atoms. The molecule has 1 fully saturated rings. The summed E-state index contributed by atoms with van der Waals surface area (Å²) in [6.07, 6.45) is -5.45. The number of halogens is 6. The van der Waals surface area contributed by atoms with Crippen LogP contribution in [-0.4, -0.2) is 23.1 Å². The fraction of sp³-hybridized carbons (Fsp3) is 0.571. The summed E-state index contributed by atoms with van der Waals surface area (Å²) in [5, 5.41) is 16.8. The van der Waals surface area contributed by atoms with Crippen LogP contribution in [0.1, 0.15) is 48.8 Å². The van der Waals surface area contributed by atoms with Crippen LogP contribution in [0.2, 0.25) is 0 Å². The fourth-order valence-electron chi connectivity index (χ4n) is 4.44. The maximum Gasteiger partial charge on any atom is 0.416 e. The van der Waals surface area contributed by atoms with Gasteiger partial charge in [0.05, 0.1) is 28.8 Å². The first-order chi connectivity index (χ1) is 16.2. The number of nitro groups is 1. The molecule has 14 heteroatoms. The van der Waals surface area contributed by atoms with Crippen LogP contribution in [0.3, 0.4) is 0 Å². The average Bonchev–Trinajstić information content (AvgIpc) is 2.76. The SMILES string of the molecule is NCC1CCC(CC2(N)NC(=NCc3cc(C(F)(F)F)cc(C(F)(F)F)c3)NC=C2[N+](=O)[O-])CC1. The Kier molecular flexibility index (Phi) is 7.65. The van der Waals surface area contributed by atoms with E-state index in [4.69, 9.17) is 11.5 Å². The van der Waals surface area contributed by atoms with Crippen LogP contribution >= 0.6 is 0 Å². The van der Waals surface area contributed by atoms with Crippen LogP contribution < -0.4 is 22.1 Å². The van der Waals surface area contributed by atoms with Gasteiger partial charge >= 0.3 is 18.0 Å². The van der Waals surface area contributed by atoms with E-state index in [2.05, 4.69) is 15.6 Å². The summed E-state index contributed by atoms with van der Waals surface area (Å²) in [6.45, 7) is 0.00671. The van der Waals surface area contributed by atoms with Crippen molar-refractivity contribution in [1.82, 2.24) is 10.6 Å². The number of nitrogens with zero attached hydrogens (tertiary/aromatic N) is 2. The van der Waals surface area contributed by atoms with Crippen molar-refractivity contribution >= 4 is 5.96 Å². The van der Waals surface area contributed by atoms with Crippen molar-refractivity contribution < 1.29 is 31.3 Å². The predicted octanol–water partition coefficient (Wildman–Crippen LogP) is 3.70. The van der Waals surface area contributed by atoms with Crippen molar-refractivity contribution in [3.63, 3.8) is 0 Å². The van der Waals surface area contributed by atoms with Crippen LogP contribution in [-0.2, 0) is 18.9 Å². The van der Waals surface area contributed by atoms with Crippen molar-refractivity contribution in [3.8, 4) is 0 Å². The first-order valence-electron chi connectivity index (χ1n) is 10.9. The number of aliphatic imine (C=N–C) groups is 1. The third kappa shape index (κ3) is 6.63. The Hall–Kier alpha value is -2.87. The molecule has 1 heterocycles. The van der Waals surface area contributed by atoms with Gasteiger partial charge in [-0.05, 0) is 74.2 Å². The number of nitrogens with one attached hydrogen (secondary N) is 2. The number of alkyl halides is 6. The van der Waals surface area contributed by atoms with E-state index in [1.165, 1.54) is 0 Å². The molecular formula is C21H26F6N6O2. The molecule has 1 atom stereocenters. The molecule has 194 valence electrons. The van der Waals surface area contributed by atoms with E-state index in [1.807, 2.05) is 0 Å². The first-order valence-corrected chi connectivity index (χ1v) is 10.9. The van der Waals surface area contributed by atoms with Crippen LogP contribution in [0.4, 0.5) is 26.3 Å². The zero-order chi connectivity index (χ0) is 26.0. The lowest BCUT2D eigenvalue weighted by atomic mass is 9.77. The molecule has 1 aliphatic heterocycles. The van der Waals surface area contributed by atoms with Gasteiger partial charge in [0.2, 0.25) is 0 Å². The molecule has 0 radical (unpaired) electrons. The molecule has 1 saturated carbocycles. The lowest BCUT2D eigenvalue weighted by Gasteiger charge is -2.37. The number of hydrogen-bond acceptors (Lipinski definition) is 5. The standard InChI is InChI=1S/C21H26F6N6O2/c22-20(23,24)15-5-14(6-16(7-15)21(25,26)27)10-30-18-31-11-17(33(34)35)19(29,32-18)8-12-1-3-13(9-28)4-2-12/h5-7,11-13H,1-4,8-10,28-29H2,(H2,30,31,32). The predicted molar refractivity (Wildman–Crippen MR) is 115 cm³/mol. The molecule has 0 saturated heterocycles. The minimum atomic E-state index is -4.98. The summed E-state index contributed by atoms with van der Waals surface area (Å²) in [5.41, 5.74) is 6.84. The number of benzene rings is 1. The Morgan fingerprint density at radius 3 is 2.06 bits per heavy atom. The van der Waals surface area contributed by atoms with E-state index >= 15 is 0 Å². The smallest absolute Gasteiger partial charge is 0.330 e. The average molecular weight is 508 g/mol. The molecule has 1 aromatic carbocycles. The van der Waals surface area contributed by atoms with Crippen LogP contribution in [0, 0.1) is 22.0 Å². The van der Waals surface area contributed by atoms with E-state index in [0.29, 0.717) is 24.6 Å². The lowest BCUT2D eigenvalue weighted by molar-refractivity contribution is -0.437. The molecule has 0 aromatic heterocycles.